The van der Waals surface area contributed by atoms with E-state index in [1.165, 1.54) is 25.7 Å². The number of nitrogens with zero attached hydrogens (tertiary/aromatic N) is 2. The highest BCUT2D eigenvalue weighted by Crippen LogP contribution is 2.45. The minimum atomic E-state index is 0.669. The monoisotopic (exact) mass is 203 g/mol. The molecule has 0 unspecified atom stereocenters. The summed E-state index contributed by atoms with van der Waals surface area (Å²) < 4.78 is 0. The lowest BCUT2D eigenvalue weighted by Gasteiger charge is -2.17. The van der Waals surface area contributed by atoms with Gasteiger partial charge in [-0.15, -0.1) is 5.10 Å². The van der Waals surface area contributed by atoms with Crippen molar-refractivity contribution < 1.29 is 0 Å². The number of nitrogens with one attached hydrogen (secondary N) is 1. The number of anilines is 1. The second kappa shape index (κ2) is 3.47. The van der Waals surface area contributed by atoms with Crippen molar-refractivity contribution in [2.24, 2.45) is 11.8 Å². The van der Waals surface area contributed by atoms with E-state index in [0.717, 1.165) is 23.3 Å². The molecule has 0 atom stereocenters. The summed E-state index contributed by atoms with van der Waals surface area (Å²) in [4.78, 5) is 0. The van der Waals surface area contributed by atoms with E-state index in [4.69, 9.17) is 0 Å². The predicted molar refractivity (Wildman–Crippen MR) is 59.6 cm³/mol. The van der Waals surface area contributed by atoms with Crippen molar-refractivity contribution in [2.75, 3.05) is 5.32 Å². The SMILES string of the molecule is Cc1ccc(NC(C2CC2)C2CC2)nn1. The van der Waals surface area contributed by atoms with Crippen molar-refractivity contribution in [3.8, 4) is 0 Å². The van der Waals surface area contributed by atoms with Crippen LogP contribution in [-0.2, 0) is 0 Å². The third-order valence-electron chi connectivity index (χ3n) is 3.37. The number of aromatic nitrogens is 2. The highest BCUT2D eigenvalue weighted by Gasteiger charge is 2.41. The Labute approximate surface area is 90.3 Å². The molecule has 3 heteroatoms. The molecule has 0 aliphatic heterocycles. The van der Waals surface area contributed by atoms with E-state index in [2.05, 4.69) is 15.5 Å². The van der Waals surface area contributed by atoms with Crippen LogP contribution >= 0.6 is 0 Å². The van der Waals surface area contributed by atoms with Gasteiger partial charge in [0.25, 0.3) is 0 Å². The highest BCUT2D eigenvalue weighted by molar-refractivity contribution is 5.35. The average molecular weight is 203 g/mol. The molecular weight excluding hydrogens is 186 g/mol. The first kappa shape index (κ1) is 9.13. The molecule has 2 fully saturated rings. The van der Waals surface area contributed by atoms with Gasteiger partial charge in [0.05, 0.1) is 5.69 Å². The van der Waals surface area contributed by atoms with Crippen LogP contribution < -0.4 is 5.32 Å². The maximum atomic E-state index is 4.18. The Hall–Kier alpha value is -1.12. The molecule has 2 saturated carbocycles. The van der Waals surface area contributed by atoms with Crippen LogP contribution in [0, 0.1) is 18.8 Å². The van der Waals surface area contributed by atoms with E-state index in [1.807, 2.05) is 19.1 Å². The quantitative estimate of drug-likeness (QED) is 0.816. The zero-order valence-corrected chi connectivity index (χ0v) is 9.11. The van der Waals surface area contributed by atoms with Gasteiger partial charge < -0.3 is 5.32 Å². The Bertz CT molecular complexity index is 326. The Morgan fingerprint density at radius 1 is 1.13 bits per heavy atom. The molecule has 3 nitrogen and oxygen atoms in total. The van der Waals surface area contributed by atoms with Crippen LogP contribution in [0.5, 0.6) is 0 Å². The van der Waals surface area contributed by atoms with Crippen LogP contribution in [0.1, 0.15) is 31.4 Å². The summed E-state index contributed by atoms with van der Waals surface area (Å²) in [5, 5.41) is 11.8. The Kier molecular flexibility index (Phi) is 2.11. The van der Waals surface area contributed by atoms with E-state index in [0.29, 0.717) is 6.04 Å². The first-order valence-corrected chi connectivity index (χ1v) is 5.90. The van der Waals surface area contributed by atoms with Gasteiger partial charge in [-0.1, -0.05) is 0 Å². The topological polar surface area (TPSA) is 37.8 Å². The Morgan fingerprint density at radius 2 is 1.80 bits per heavy atom. The van der Waals surface area contributed by atoms with E-state index in [9.17, 15) is 0 Å². The highest BCUT2D eigenvalue weighted by atomic mass is 15.2. The normalized spacial score (nSPS) is 20.7. The summed E-state index contributed by atoms with van der Waals surface area (Å²) in [6, 6.07) is 4.73. The summed E-state index contributed by atoms with van der Waals surface area (Å²) in [7, 11) is 0. The van der Waals surface area contributed by atoms with Crippen molar-refractivity contribution in [3.05, 3.63) is 17.8 Å². The molecule has 0 radical (unpaired) electrons. The van der Waals surface area contributed by atoms with Crippen LogP contribution in [0.2, 0.25) is 0 Å². The summed E-state index contributed by atoms with van der Waals surface area (Å²) >= 11 is 0. The molecule has 0 saturated heterocycles. The van der Waals surface area contributed by atoms with Crippen LogP contribution in [-0.4, -0.2) is 16.2 Å². The van der Waals surface area contributed by atoms with Crippen LogP contribution in [0.3, 0.4) is 0 Å². The maximum absolute atomic E-state index is 4.18. The molecule has 1 heterocycles. The maximum Gasteiger partial charge on any atom is 0.148 e. The zero-order valence-electron chi connectivity index (χ0n) is 9.11. The molecule has 1 aromatic rings. The molecule has 3 rings (SSSR count). The summed E-state index contributed by atoms with van der Waals surface area (Å²) in [5.41, 5.74) is 0.981. The van der Waals surface area contributed by atoms with Crippen molar-refractivity contribution in [1.29, 1.82) is 0 Å². The molecule has 80 valence electrons. The van der Waals surface area contributed by atoms with Crippen molar-refractivity contribution in [3.63, 3.8) is 0 Å². The van der Waals surface area contributed by atoms with E-state index >= 15 is 0 Å². The molecule has 2 aliphatic carbocycles. The minimum absolute atomic E-state index is 0.669. The molecule has 15 heavy (non-hydrogen) atoms. The average Bonchev–Trinajstić information content (AvgIpc) is 3.11. The molecular formula is C12H17N3. The second-order valence-corrected chi connectivity index (χ2v) is 4.90. The summed E-state index contributed by atoms with van der Waals surface area (Å²) in [6.07, 6.45) is 5.59. The van der Waals surface area contributed by atoms with Crippen molar-refractivity contribution in [2.45, 2.75) is 38.6 Å². The number of hydrogen-bond acceptors (Lipinski definition) is 3. The van der Waals surface area contributed by atoms with Crippen LogP contribution in [0.4, 0.5) is 5.82 Å². The van der Waals surface area contributed by atoms with Gasteiger partial charge in [-0.25, -0.2) is 0 Å². The first-order valence-electron chi connectivity index (χ1n) is 5.90. The van der Waals surface area contributed by atoms with E-state index in [-0.39, 0.29) is 0 Å². The van der Waals surface area contributed by atoms with Gasteiger partial charge in [0.2, 0.25) is 0 Å². The lowest BCUT2D eigenvalue weighted by atomic mass is 10.1. The fourth-order valence-corrected chi connectivity index (χ4v) is 2.18. The van der Waals surface area contributed by atoms with Gasteiger partial charge in [-0.3, -0.25) is 0 Å². The zero-order chi connectivity index (χ0) is 10.3. The first-order chi connectivity index (χ1) is 7.33. The van der Waals surface area contributed by atoms with E-state index in [1.54, 1.807) is 0 Å². The van der Waals surface area contributed by atoms with Crippen LogP contribution in [0.25, 0.3) is 0 Å². The minimum Gasteiger partial charge on any atom is -0.365 e. The molecule has 1 N–H and O–H groups in total. The fraction of sp³-hybridized carbons (Fsp3) is 0.667. The number of aryl methyl sites for hydroxylation is 1. The van der Waals surface area contributed by atoms with Crippen molar-refractivity contribution >= 4 is 5.82 Å². The predicted octanol–water partition coefficient (Wildman–Crippen LogP) is 2.39. The van der Waals surface area contributed by atoms with Gasteiger partial charge in [0, 0.05) is 6.04 Å². The molecule has 0 bridgehead atoms. The number of rotatable bonds is 4. The fourth-order valence-electron chi connectivity index (χ4n) is 2.18. The molecule has 0 spiro atoms. The number of hydrogen-bond donors (Lipinski definition) is 1. The van der Waals surface area contributed by atoms with Gasteiger partial charge in [-0.2, -0.15) is 5.10 Å². The van der Waals surface area contributed by atoms with E-state index < -0.39 is 0 Å². The third-order valence-corrected chi connectivity index (χ3v) is 3.37. The summed E-state index contributed by atoms with van der Waals surface area (Å²) in [5.74, 6) is 2.76. The van der Waals surface area contributed by atoms with Crippen molar-refractivity contribution in [1.82, 2.24) is 10.2 Å². The second-order valence-electron chi connectivity index (χ2n) is 4.90. The lowest BCUT2D eigenvalue weighted by Crippen LogP contribution is -2.24. The Morgan fingerprint density at radius 3 is 2.27 bits per heavy atom. The summed E-state index contributed by atoms with van der Waals surface area (Å²) in [6.45, 7) is 1.97. The third kappa shape index (κ3) is 2.11. The lowest BCUT2D eigenvalue weighted by molar-refractivity contribution is 0.564. The molecule has 0 aromatic carbocycles. The van der Waals surface area contributed by atoms with Crippen LogP contribution in [0.15, 0.2) is 12.1 Å². The standard InChI is InChI=1S/C12H17N3/c1-8-2-7-11(15-14-8)13-12(9-3-4-9)10-5-6-10/h2,7,9-10,12H,3-6H2,1H3,(H,13,15). The van der Waals surface area contributed by atoms with Gasteiger partial charge in [-0.05, 0) is 56.6 Å². The molecule has 1 aromatic heterocycles. The largest absolute Gasteiger partial charge is 0.365 e. The van der Waals surface area contributed by atoms with Gasteiger partial charge in [0.1, 0.15) is 5.82 Å². The Balaban J connectivity index is 1.69. The van der Waals surface area contributed by atoms with Gasteiger partial charge in [0.15, 0.2) is 0 Å². The smallest absolute Gasteiger partial charge is 0.148 e. The molecule has 2 aliphatic rings. The van der Waals surface area contributed by atoms with Gasteiger partial charge >= 0.3 is 0 Å². The molecule has 0 amide bonds.